The molecule has 0 aromatic carbocycles. The molecule has 0 fully saturated rings. The standard InChI is InChI=1S/C42H70O6/c1-4-5-6-7-8-9-10-11-14-17-20-23-27-32-39(43)33-28-25-30-35-42(46)48-37-40(44)36-47-41(45)34-29-24-21-18-15-12-13-16-19-22-26-31-38(2)3/h5-6,8-9,11,14,20,23,25,27-28,32,38-40,43-44H,4,7,10,12-13,15-19,21-22,24,26,29-31,33-37H2,1-3H3/b6-5-,9-8-,14-11-,23-20-,28-25-,32-27-/t39?,40-/m1/s1. The summed E-state index contributed by atoms with van der Waals surface area (Å²) in [4.78, 5) is 23.9. The number of carbonyl (C=O) groups excluding carboxylic acids is 2. The number of hydrogen-bond donors (Lipinski definition) is 2. The Labute approximate surface area is 294 Å². The molecule has 0 aromatic rings. The lowest BCUT2D eigenvalue weighted by Gasteiger charge is -2.12. The molecule has 0 rings (SSSR count). The van der Waals surface area contributed by atoms with Gasteiger partial charge in [-0.2, -0.15) is 0 Å². The zero-order valence-electron chi connectivity index (χ0n) is 30.7. The number of carbonyl (C=O) groups is 2. The maximum atomic E-state index is 11.9. The molecule has 6 heteroatoms. The van der Waals surface area contributed by atoms with Crippen LogP contribution in [0.5, 0.6) is 0 Å². The van der Waals surface area contributed by atoms with Gasteiger partial charge in [-0.3, -0.25) is 9.59 Å². The minimum atomic E-state index is -1.03. The Hall–Kier alpha value is -2.70. The summed E-state index contributed by atoms with van der Waals surface area (Å²) in [6.07, 6.45) is 42.8. The third-order valence-corrected chi connectivity index (χ3v) is 7.73. The van der Waals surface area contributed by atoms with Gasteiger partial charge in [0.15, 0.2) is 0 Å². The first kappa shape index (κ1) is 45.3. The molecule has 0 amide bonds. The van der Waals surface area contributed by atoms with Crippen LogP contribution in [0.3, 0.4) is 0 Å². The van der Waals surface area contributed by atoms with Crippen LogP contribution in [0.1, 0.15) is 149 Å². The van der Waals surface area contributed by atoms with E-state index in [1.807, 2.05) is 30.4 Å². The molecule has 1 unspecified atom stereocenters. The van der Waals surface area contributed by atoms with Crippen LogP contribution >= 0.6 is 0 Å². The highest BCUT2D eigenvalue weighted by Gasteiger charge is 2.11. The zero-order chi connectivity index (χ0) is 35.3. The summed E-state index contributed by atoms with van der Waals surface area (Å²) >= 11 is 0. The SMILES string of the molecule is CC/C=C\C/C=C\C/C=C\C/C=C\C=C/C(O)C/C=C\CCC(=O)OC[C@H](O)COC(=O)CCCCCCCCCCCCCC(C)C. The van der Waals surface area contributed by atoms with E-state index in [9.17, 15) is 19.8 Å². The van der Waals surface area contributed by atoms with Crippen LogP contribution in [-0.4, -0.2) is 47.6 Å². The number of rotatable bonds is 32. The molecule has 0 heterocycles. The molecule has 0 spiro atoms. The lowest BCUT2D eigenvalue weighted by atomic mass is 10.0. The lowest BCUT2D eigenvalue weighted by molar-refractivity contribution is -0.152. The third-order valence-electron chi connectivity index (χ3n) is 7.73. The van der Waals surface area contributed by atoms with E-state index in [0.717, 1.165) is 50.9 Å². The molecule has 2 N–H and O–H groups in total. The molecule has 0 aliphatic rings. The van der Waals surface area contributed by atoms with Crippen LogP contribution in [0.15, 0.2) is 72.9 Å². The van der Waals surface area contributed by atoms with Gasteiger partial charge in [0.05, 0.1) is 6.10 Å². The van der Waals surface area contributed by atoms with E-state index in [2.05, 4.69) is 57.2 Å². The van der Waals surface area contributed by atoms with Gasteiger partial charge in [0.2, 0.25) is 0 Å². The number of aliphatic hydroxyl groups is 2. The van der Waals surface area contributed by atoms with E-state index in [1.54, 1.807) is 6.08 Å². The van der Waals surface area contributed by atoms with E-state index in [-0.39, 0.29) is 25.6 Å². The van der Waals surface area contributed by atoms with Crippen molar-refractivity contribution >= 4 is 11.9 Å². The van der Waals surface area contributed by atoms with E-state index in [4.69, 9.17) is 9.47 Å². The summed E-state index contributed by atoms with van der Waals surface area (Å²) in [5.74, 6) is 0.0785. The summed E-state index contributed by atoms with van der Waals surface area (Å²) in [5, 5.41) is 20.1. The van der Waals surface area contributed by atoms with Crippen molar-refractivity contribution in [2.24, 2.45) is 5.92 Å². The second-order valence-corrected chi connectivity index (χ2v) is 13.0. The smallest absolute Gasteiger partial charge is 0.306 e. The van der Waals surface area contributed by atoms with Crippen LogP contribution in [0.2, 0.25) is 0 Å². The highest BCUT2D eigenvalue weighted by Crippen LogP contribution is 2.14. The molecule has 0 radical (unpaired) electrons. The fourth-order valence-corrected chi connectivity index (χ4v) is 4.85. The largest absolute Gasteiger partial charge is 0.463 e. The van der Waals surface area contributed by atoms with E-state index in [1.165, 1.54) is 57.8 Å². The Kier molecular flexibility index (Phi) is 33.6. The van der Waals surface area contributed by atoms with Gasteiger partial charge in [-0.15, -0.1) is 0 Å². The zero-order valence-corrected chi connectivity index (χ0v) is 30.7. The van der Waals surface area contributed by atoms with Crippen LogP contribution in [0, 0.1) is 5.92 Å². The molecular weight excluding hydrogens is 600 g/mol. The Morgan fingerprint density at radius 2 is 1.08 bits per heavy atom. The number of aliphatic hydroxyl groups excluding tert-OH is 2. The fourth-order valence-electron chi connectivity index (χ4n) is 4.85. The number of hydrogen-bond acceptors (Lipinski definition) is 6. The Bertz CT molecular complexity index is 926. The number of ether oxygens (including phenoxy) is 2. The molecule has 0 bridgehead atoms. The molecule has 0 saturated carbocycles. The highest BCUT2D eigenvalue weighted by molar-refractivity contribution is 5.70. The second kappa shape index (κ2) is 35.6. The third kappa shape index (κ3) is 36.1. The highest BCUT2D eigenvalue weighted by atomic mass is 16.6. The molecule has 0 aromatic heterocycles. The predicted octanol–water partition coefficient (Wildman–Crippen LogP) is 10.6. The van der Waals surface area contributed by atoms with Crippen LogP contribution in [0.4, 0.5) is 0 Å². The molecule has 0 aliphatic heterocycles. The minimum absolute atomic E-state index is 0.171. The summed E-state index contributed by atoms with van der Waals surface area (Å²) in [6, 6.07) is 0. The van der Waals surface area contributed by atoms with Gasteiger partial charge in [-0.25, -0.2) is 0 Å². The Balaban J connectivity index is 3.70. The molecule has 48 heavy (non-hydrogen) atoms. The molecular formula is C42H70O6. The van der Waals surface area contributed by atoms with Crippen molar-refractivity contribution in [3.05, 3.63) is 72.9 Å². The topological polar surface area (TPSA) is 93.1 Å². The Morgan fingerprint density at radius 3 is 1.65 bits per heavy atom. The maximum absolute atomic E-state index is 11.9. The van der Waals surface area contributed by atoms with E-state index >= 15 is 0 Å². The number of unbranched alkanes of at least 4 members (excludes halogenated alkanes) is 10. The van der Waals surface area contributed by atoms with Gasteiger partial charge in [-0.05, 0) is 50.9 Å². The van der Waals surface area contributed by atoms with Gasteiger partial charge >= 0.3 is 11.9 Å². The van der Waals surface area contributed by atoms with Gasteiger partial charge in [-0.1, -0.05) is 164 Å². The molecule has 0 aliphatic carbocycles. The number of esters is 2. The average Bonchev–Trinajstić information content (AvgIpc) is 3.06. The van der Waals surface area contributed by atoms with Crippen molar-refractivity contribution in [3.63, 3.8) is 0 Å². The van der Waals surface area contributed by atoms with Crippen LogP contribution in [0.25, 0.3) is 0 Å². The maximum Gasteiger partial charge on any atom is 0.306 e. The van der Waals surface area contributed by atoms with Gasteiger partial charge in [0, 0.05) is 12.8 Å². The minimum Gasteiger partial charge on any atom is -0.463 e. The van der Waals surface area contributed by atoms with Crippen LogP contribution in [-0.2, 0) is 19.1 Å². The molecule has 274 valence electrons. The Morgan fingerprint density at radius 1 is 0.583 bits per heavy atom. The molecule has 2 atom stereocenters. The van der Waals surface area contributed by atoms with Crippen molar-refractivity contribution in [2.75, 3.05) is 13.2 Å². The normalized spacial score (nSPS) is 13.8. The number of allylic oxidation sites excluding steroid dienone is 10. The average molecular weight is 671 g/mol. The van der Waals surface area contributed by atoms with Crippen molar-refractivity contribution in [1.29, 1.82) is 0 Å². The van der Waals surface area contributed by atoms with Crippen LogP contribution < -0.4 is 0 Å². The van der Waals surface area contributed by atoms with Crippen molar-refractivity contribution < 1.29 is 29.3 Å². The summed E-state index contributed by atoms with van der Waals surface area (Å²) in [7, 11) is 0. The predicted molar refractivity (Wildman–Crippen MR) is 202 cm³/mol. The first-order valence-corrected chi connectivity index (χ1v) is 19.0. The molecule has 6 nitrogen and oxygen atoms in total. The molecule has 0 saturated heterocycles. The first-order chi connectivity index (χ1) is 23.3. The van der Waals surface area contributed by atoms with E-state index < -0.39 is 18.2 Å². The summed E-state index contributed by atoms with van der Waals surface area (Å²) in [6.45, 7) is 6.35. The summed E-state index contributed by atoms with van der Waals surface area (Å²) < 4.78 is 10.2. The first-order valence-electron chi connectivity index (χ1n) is 19.0. The van der Waals surface area contributed by atoms with E-state index in [0.29, 0.717) is 19.3 Å². The van der Waals surface area contributed by atoms with Gasteiger partial charge in [0.1, 0.15) is 19.3 Å². The monoisotopic (exact) mass is 671 g/mol. The van der Waals surface area contributed by atoms with Crippen molar-refractivity contribution in [2.45, 2.75) is 161 Å². The second-order valence-electron chi connectivity index (χ2n) is 13.0. The van der Waals surface area contributed by atoms with Crippen molar-refractivity contribution in [3.8, 4) is 0 Å². The quantitative estimate of drug-likeness (QED) is 0.0320. The van der Waals surface area contributed by atoms with Gasteiger partial charge < -0.3 is 19.7 Å². The summed E-state index contributed by atoms with van der Waals surface area (Å²) in [5.41, 5.74) is 0. The van der Waals surface area contributed by atoms with Gasteiger partial charge in [0.25, 0.3) is 0 Å². The fraction of sp³-hybridized carbons (Fsp3) is 0.667. The lowest BCUT2D eigenvalue weighted by Crippen LogP contribution is -2.25. The van der Waals surface area contributed by atoms with Crippen molar-refractivity contribution in [1.82, 2.24) is 0 Å².